The SMILES string of the molecule is C=C1Cc2cc3c(cc2-c2ccccc21)c1ccccc1n3-c1cc(-c2ccccc2)cc(-c2ccccc2)c1. The molecule has 1 nitrogen and oxygen atoms in total. The van der Waals surface area contributed by atoms with Crippen LogP contribution < -0.4 is 0 Å². The number of hydrogen-bond donors (Lipinski definition) is 0. The highest BCUT2D eigenvalue weighted by atomic mass is 15.0. The molecule has 0 N–H and O–H groups in total. The summed E-state index contributed by atoms with van der Waals surface area (Å²) in [5.74, 6) is 0. The van der Waals surface area contributed by atoms with Crippen LogP contribution in [0.1, 0.15) is 11.1 Å². The summed E-state index contributed by atoms with van der Waals surface area (Å²) in [4.78, 5) is 0. The molecule has 188 valence electrons. The number of hydrogen-bond acceptors (Lipinski definition) is 0. The number of benzene rings is 6. The van der Waals surface area contributed by atoms with Crippen molar-refractivity contribution in [3.63, 3.8) is 0 Å². The summed E-state index contributed by atoms with van der Waals surface area (Å²) < 4.78 is 2.45. The number of allylic oxidation sites excluding steroid dienone is 1. The van der Waals surface area contributed by atoms with Gasteiger partial charge < -0.3 is 4.57 Å². The van der Waals surface area contributed by atoms with Crippen molar-refractivity contribution in [3.8, 4) is 39.1 Å². The molecule has 1 heteroatoms. The molecule has 0 unspecified atom stereocenters. The van der Waals surface area contributed by atoms with Crippen LogP contribution in [0.15, 0.2) is 146 Å². The highest BCUT2D eigenvalue weighted by Gasteiger charge is 2.22. The third kappa shape index (κ3) is 3.56. The highest BCUT2D eigenvalue weighted by Crippen LogP contribution is 2.43. The molecule has 1 heterocycles. The summed E-state index contributed by atoms with van der Waals surface area (Å²) in [6, 6.07) is 50.7. The van der Waals surface area contributed by atoms with E-state index in [9.17, 15) is 0 Å². The Morgan fingerprint density at radius 3 is 1.75 bits per heavy atom. The number of fused-ring (bicyclic) bond motifs is 6. The molecule has 6 aromatic carbocycles. The molecule has 0 bridgehead atoms. The molecular formula is C39H27N. The van der Waals surface area contributed by atoms with Crippen molar-refractivity contribution in [2.75, 3.05) is 0 Å². The monoisotopic (exact) mass is 509 g/mol. The Labute approximate surface area is 234 Å². The van der Waals surface area contributed by atoms with E-state index in [1.807, 2.05) is 0 Å². The van der Waals surface area contributed by atoms with Crippen LogP contribution in [0.2, 0.25) is 0 Å². The Morgan fingerprint density at radius 1 is 0.450 bits per heavy atom. The van der Waals surface area contributed by atoms with Gasteiger partial charge in [0, 0.05) is 16.5 Å². The molecular weight excluding hydrogens is 482 g/mol. The minimum atomic E-state index is 0.864. The van der Waals surface area contributed by atoms with E-state index in [0.717, 1.165) is 6.42 Å². The van der Waals surface area contributed by atoms with E-state index < -0.39 is 0 Å². The first-order valence-corrected chi connectivity index (χ1v) is 13.8. The quantitative estimate of drug-likeness (QED) is 0.223. The van der Waals surface area contributed by atoms with E-state index in [1.54, 1.807) is 0 Å². The molecule has 1 aliphatic rings. The average Bonchev–Trinajstić information content (AvgIpc) is 3.34. The predicted octanol–water partition coefficient (Wildman–Crippen LogP) is 10.4. The maximum atomic E-state index is 4.44. The molecule has 0 saturated carbocycles. The van der Waals surface area contributed by atoms with Crippen LogP contribution in [0.5, 0.6) is 0 Å². The van der Waals surface area contributed by atoms with Gasteiger partial charge in [-0.25, -0.2) is 0 Å². The fourth-order valence-electron chi connectivity index (χ4n) is 6.42. The molecule has 0 amide bonds. The molecule has 8 rings (SSSR count). The molecule has 0 aliphatic heterocycles. The van der Waals surface area contributed by atoms with Crippen LogP contribution in [-0.2, 0) is 6.42 Å². The van der Waals surface area contributed by atoms with Crippen LogP contribution in [0.3, 0.4) is 0 Å². The van der Waals surface area contributed by atoms with Gasteiger partial charge in [-0.05, 0) is 92.9 Å². The van der Waals surface area contributed by atoms with Gasteiger partial charge in [-0.3, -0.25) is 0 Å². The Balaban J connectivity index is 1.44. The largest absolute Gasteiger partial charge is 0.309 e. The van der Waals surface area contributed by atoms with Crippen molar-refractivity contribution in [3.05, 3.63) is 157 Å². The van der Waals surface area contributed by atoms with Crippen molar-refractivity contribution in [1.29, 1.82) is 0 Å². The summed E-state index contributed by atoms with van der Waals surface area (Å²) in [7, 11) is 0. The highest BCUT2D eigenvalue weighted by molar-refractivity contribution is 6.11. The molecule has 0 saturated heterocycles. The first kappa shape index (κ1) is 22.8. The second-order valence-electron chi connectivity index (χ2n) is 10.7. The standard InChI is InChI=1S/C39H27N/c1-26-20-31-24-39-37(25-36(31)34-17-9-8-16-33(26)34)35-18-10-11-19-38(35)40(39)32-22-29(27-12-4-2-5-13-27)21-30(23-32)28-14-6-3-7-15-28/h2-19,21-25H,1,20H2. The summed E-state index contributed by atoms with van der Waals surface area (Å²) in [5, 5.41) is 2.55. The maximum Gasteiger partial charge on any atom is 0.0544 e. The number of aromatic nitrogens is 1. The van der Waals surface area contributed by atoms with Gasteiger partial charge in [0.15, 0.2) is 0 Å². The third-order valence-electron chi connectivity index (χ3n) is 8.29. The maximum absolute atomic E-state index is 4.44. The van der Waals surface area contributed by atoms with E-state index >= 15 is 0 Å². The summed E-state index contributed by atoms with van der Waals surface area (Å²) in [5.41, 5.74) is 14.9. The summed E-state index contributed by atoms with van der Waals surface area (Å²) in [6.07, 6.45) is 0.864. The van der Waals surface area contributed by atoms with E-state index in [4.69, 9.17) is 0 Å². The van der Waals surface area contributed by atoms with Gasteiger partial charge >= 0.3 is 0 Å². The second-order valence-corrected chi connectivity index (χ2v) is 10.7. The lowest BCUT2D eigenvalue weighted by Crippen LogP contribution is -2.03. The van der Waals surface area contributed by atoms with Gasteiger partial charge in [0.1, 0.15) is 0 Å². The molecule has 0 spiro atoms. The summed E-state index contributed by atoms with van der Waals surface area (Å²) >= 11 is 0. The number of para-hydroxylation sites is 1. The smallest absolute Gasteiger partial charge is 0.0544 e. The number of nitrogens with zero attached hydrogens (tertiary/aromatic N) is 1. The van der Waals surface area contributed by atoms with Crippen LogP contribution in [0.4, 0.5) is 0 Å². The lowest BCUT2D eigenvalue weighted by molar-refractivity contribution is 1.17. The first-order valence-electron chi connectivity index (χ1n) is 13.8. The van der Waals surface area contributed by atoms with E-state index in [2.05, 4.69) is 151 Å². The second kappa shape index (κ2) is 8.97. The van der Waals surface area contributed by atoms with Crippen molar-refractivity contribution < 1.29 is 0 Å². The number of rotatable bonds is 3. The Bertz CT molecular complexity index is 2020. The van der Waals surface area contributed by atoms with Gasteiger partial charge in [0.05, 0.1) is 11.0 Å². The molecule has 0 fully saturated rings. The normalized spacial score (nSPS) is 12.4. The molecule has 0 radical (unpaired) electrons. The van der Waals surface area contributed by atoms with Gasteiger partial charge in [0.2, 0.25) is 0 Å². The minimum Gasteiger partial charge on any atom is -0.309 e. The Hall–Kier alpha value is -5.14. The van der Waals surface area contributed by atoms with Gasteiger partial charge in [-0.1, -0.05) is 110 Å². The van der Waals surface area contributed by atoms with Crippen molar-refractivity contribution in [2.24, 2.45) is 0 Å². The van der Waals surface area contributed by atoms with Crippen LogP contribution >= 0.6 is 0 Å². The lowest BCUT2D eigenvalue weighted by atomic mass is 9.82. The van der Waals surface area contributed by atoms with Gasteiger partial charge in [-0.15, -0.1) is 0 Å². The third-order valence-corrected chi connectivity index (χ3v) is 8.29. The van der Waals surface area contributed by atoms with Gasteiger partial charge in [-0.2, -0.15) is 0 Å². The zero-order chi connectivity index (χ0) is 26.6. The van der Waals surface area contributed by atoms with Crippen molar-refractivity contribution in [1.82, 2.24) is 4.57 Å². The topological polar surface area (TPSA) is 4.93 Å². The Kier molecular flexibility index (Phi) is 5.11. The molecule has 1 aromatic heterocycles. The fourth-order valence-corrected chi connectivity index (χ4v) is 6.42. The average molecular weight is 510 g/mol. The molecule has 0 atom stereocenters. The zero-order valence-electron chi connectivity index (χ0n) is 22.1. The first-order chi connectivity index (χ1) is 19.7. The minimum absolute atomic E-state index is 0.864. The van der Waals surface area contributed by atoms with E-state index in [1.165, 1.54) is 77.6 Å². The summed E-state index contributed by atoms with van der Waals surface area (Å²) in [6.45, 7) is 4.44. The van der Waals surface area contributed by atoms with Crippen LogP contribution in [0, 0.1) is 0 Å². The molecule has 7 aromatic rings. The zero-order valence-corrected chi connectivity index (χ0v) is 22.1. The van der Waals surface area contributed by atoms with E-state index in [-0.39, 0.29) is 0 Å². The molecule has 40 heavy (non-hydrogen) atoms. The lowest BCUT2D eigenvalue weighted by Gasteiger charge is -2.22. The molecule has 1 aliphatic carbocycles. The van der Waals surface area contributed by atoms with Crippen molar-refractivity contribution >= 4 is 27.4 Å². The van der Waals surface area contributed by atoms with Gasteiger partial charge in [0.25, 0.3) is 0 Å². The van der Waals surface area contributed by atoms with Crippen LogP contribution in [0.25, 0.3) is 66.4 Å². The predicted molar refractivity (Wildman–Crippen MR) is 170 cm³/mol. The van der Waals surface area contributed by atoms with Crippen LogP contribution in [-0.4, -0.2) is 4.57 Å². The fraction of sp³-hybridized carbons (Fsp3) is 0.0256. The van der Waals surface area contributed by atoms with E-state index in [0.29, 0.717) is 0 Å². The Morgan fingerprint density at radius 2 is 1.05 bits per heavy atom. The van der Waals surface area contributed by atoms with Crippen molar-refractivity contribution in [2.45, 2.75) is 6.42 Å².